The summed E-state index contributed by atoms with van der Waals surface area (Å²) >= 11 is 11.4. The molecule has 0 fully saturated rings. The van der Waals surface area contributed by atoms with E-state index in [-0.39, 0.29) is 31.2 Å². The lowest BCUT2D eigenvalue weighted by Gasteiger charge is -2.14. The number of rotatable bonds is 2. The molecule has 2 aromatic carbocycles. The van der Waals surface area contributed by atoms with Gasteiger partial charge in [0.2, 0.25) is 20.0 Å². The monoisotopic (exact) mass is 746 g/mol. The molecule has 0 bridgehead atoms. The van der Waals surface area contributed by atoms with Crippen molar-refractivity contribution in [2.45, 2.75) is 19.6 Å². The van der Waals surface area contributed by atoms with Crippen molar-refractivity contribution < 1.29 is 42.1 Å². The van der Waals surface area contributed by atoms with Crippen molar-refractivity contribution in [3.05, 3.63) is 34.3 Å². The zero-order chi connectivity index (χ0) is 32.8. The van der Waals surface area contributed by atoms with Gasteiger partial charge in [-0.25, -0.2) is 27.1 Å². The van der Waals surface area contributed by atoms with Crippen LogP contribution < -0.4 is 20.9 Å². The number of sulfonamides is 4. The fourth-order valence-corrected chi connectivity index (χ4v) is 6.88. The van der Waals surface area contributed by atoms with Crippen molar-refractivity contribution >= 4 is 109 Å². The second-order valence-corrected chi connectivity index (χ2v) is 17.9. The van der Waals surface area contributed by atoms with Gasteiger partial charge in [0.15, 0.2) is 0 Å². The van der Waals surface area contributed by atoms with Crippen LogP contribution in [0, 0.1) is 0 Å². The van der Waals surface area contributed by atoms with Gasteiger partial charge >= 0.3 is 0 Å². The summed E-state index contributed by atoms with van der Waals surface area (Å²) in [6.45, 7) is 0. The van der Waals surface area contributed by atoms with Crippen LogP contribution in [0.15, 0.2) is 52.6 Å². The molecule has 16 nitrogen and oxygen atoms in total. The van der Waals surface area contributed by atoms with Crippen LogP contribution in [0.4, 0.5) is 11.4 Å². The number of nitrogens with two attached hydrogens (primary N) is 2. The van der Waals surface area contributed by atoms with Crippen molar-refractivity contribution in [2.75, 3.05) is 35.7 Å². The van der Waals surface area contributed by atoms with Crippen LogP contribution >= 0.6 is 23.2 Å². The summed E-state index contributed by atoms with van der Waals surface area (Å²) in [6, 6.07) is 4.09. The number of nitrogens with one attached hydrogen (secondary N) is 2. The highest BCUT2D eigenvalue weighted by molar-refractivity contribution is 7.91. The van der Waals surface area contributed by atoms with E-state index in [9.17, 15) is 42.1 Å². The largest absolute Gasteiger partial charge is 0.344 e. The standard InChI is InChI=1S/2C7H6ClN3O4S2.2C2H6OS/c2*8-4-1-5-7(2-6(4)16(9,12)13)17(14,15)11-3-10-5;2*1-4(2)3/h2*1-3H,(H,10,11)(H2,9,12,13);2*1-2H3. The van der Waals surface area contributed by atoms with Gasteiger partial charge in [0.1, 0.15) is 32.3 Å². The van der Waals surface area contributed by atoms with E-state index in [0.29, 0.717) is 0 Å². The lowest BCUT2D eigenvalue weighted by molar-refractivity contribution is 0.592. The quantitative estimate of drug-likeness (QED) is 0.322. The second kappa shape index (κ2) is 14.6. The van der Waals surface area contributed by atoms with Gasteiger partial charge in [-0.1, -0.05) is 23.2 Å². The van der Waals surface area contributed by atoms with Crippen molar-refractivity contribution in [3.63, 3.8) is 0 Å². The van der Waals surface area contributed by atoms with E-state index >= 15 is 0 Å². The zero-order valence-corrected chi connectivity index (χ0v) is 28.2. The van der Waals surface area contributed by atoms with E-state index in [0.717, 1.165) is 24.8 Å². The summed E-state index contributed by atoms with van der Waals surface area (Å²) < 4.78 is 116. The summed E-state index contributed by atoms with van der Waals surface area (Å²) in [6.07, 6.45) is 8.51. The van der Waals surface area contributed by atoms with Gasteiger partial charge in [-0.3, -0.25) is 8.42 Å². The van der Waals surface area contributed by atoms with Crippen LogP contribution in [0.2, 0.25) is 10.0 Å². The summed E-state index contributed by atoms with van der Waals surface area (Å²) in [4.78, 5) is -1.48. The third-order valence-corrected chi connectivity index (χ3v) is 9.36. The van der Waals surface area contributed by atoms with Crippen LogP contribution in [0.3, 0.4) is 0 Å². The van der Waals surface area contributed by atoms with Crippen molar-refractivity contribution in [3.8, 4) is 0 Å². The molecule has 0 amide bonds. The van der Waals surface area contributed by atoms with Gasteiger partial charge in [0.05, 0.1) is 21.4 Å². The molecule has 0 radical (unpaired) electrons. The molecule has 0 saturated carbocycles. The van der Waals surface area contributed by atoms with Gasteiger partial charge in [-0.2, -0.15) is 16.8 Å². The Hall–Kier alpha value is -2.02. The summed E-state index contributed by atoms with van der Waals surface area (Å²) in [5.74, 6) is 0. The number of hydrogen-bond donors (Lipinski definition) is 4. The number of anilines is 2. The average Bonchev–Trinajstić information content (AvgIpc) is 2.76. The minimum atomic E-state index is -4.09. The lowest BCUT2D eigenvalue weighted by Crippen LogP contribution is -2.16. The van der Waals surface area contributed by atoms with Gasteiger partial charge in [-0.15, -0.1) is 8.80 Å². The third kappa shape index (κ3) is 11.2. The molecule has 0 saturated heterocycles. The maximum atomic E-state index is 11.5. The Balaban J connectivity index is 0.000000336. The normalized spacial score (nSPS) is 15.7. The molecule has 6 N–H and O–H groups in total. The van der Waals surface area contributed by atoms with Crippen molar-refractivity contribution in [1.29, 1.82) is 0 Å². The Morgan fingerprint density at radius 1 is 0.667 bits per heavy atom. The van der Waals surface area contributed by atoms with E-state index in [1.165, 1.54) is 12.1 Å². The fraction of sp³-hybridized carbons (Fsp3) is 0.222. The Morgan fingerprint density at radius 2 is 0.929 bits per heavy atom. The predicted octanol–water partition coefficient (Wildman–Crippen LogP) is 0.249. The molecule has 2 heterocycles. The van der Waals surface area contributed by atoms with Crippen molar-refractivity contribution in [1.82, 2.24) is 0 Å². The number of fused-ring (bicyclic) bond motifs is 2. The summed E-state index contributed by atoms with van der Waals surface area (Å²) in [5, 5.41) is 14.6. The number of hydrogen-bond acceptors (Lipinski definition) is 12. The average molecular weight is 748 g/mol. The fourth-order valence-electron chi connectivity index (χ4n) is 2.60. The number of benzene rings is 2. The molecule has 24 heteroatoms. The molecule has 0 unspecified atom stereocenters. The zero-order valence-electron chi connectivity index (χ0n) is 21.8. The molecule has 2 aliphatic heterocycles. The highest BCUT2D eigenvalue weighted by Crippen LogP contribution is 2.34. The lowest BCUT2D eigenvalue weighted by atomic mass is 10.3. The molecule has 236 valence electrons. The minimum absolute atomic E-state index is 0.150. The number of nitrogens with zero attached hydrogens (tertiary/aromatic N) is 2. The molecule has 0 spiro atoms. The van der Waals surface area contributed by atoms with E-state index in [1.54, 1.807) is 25.0 Å². The first-order valence-electron chi connectivity index (χ1n) is 10.2. The van der Waals surface area contributed by atoms with E-state index in [4.69, 9.17) is 33.5 Å². The van der Waals surface area contributed by atoms with E-state index in [1.807, 2.05) is 0 Å². The molecule has 0 aliphatic carbocycles. The molecule has 2 aliphatic rings. The Morgan fingerprint density at radius 3 is 1.17 bits per heavy atom. The first-order chi connectivity index (χ1) is 18.9. The molecule has 0 aromatic heterocycles. The van der Waals surface area contributed by atoms with Crippen LogP contribution in [-0.4, -0.2) is 79.8 Å². The van der Waals surface area contributed by atoms with Crippen LogP contribution in [-0.2, 0) is 61.7 Å². The van der Waals surface area contributed by atoms with Gasteiger partial charge in [0, 0.05) is 46.6 Å². The van der Waals surface area contributed by atoms with Crippen LogP contribution in [0.5, 0.6) is 0 Å². The van der Waals surface area contributed by atoms with Gasteiger partial charge < -0.3 is 10.6 Å². The van der Waals surface area contributed by atoms with Crippen LogP contribution in [0.25, 0.3) is 0 Å². The third-order valence-electron chi connectivity index (χ3n) is 4.06. The maximum absolute atomic E-state index is 11.5. The first-order valence-corrected chi connectivity index (χ1v) is 20.9. The van der Waals surface area contributed by atoms with E-state index < -0.39 is 71.5 Å². The SMILES string of the molecule is CS(C)=O.CS(C)=O.NS(=O)(=O)c1cc2c(cc1Cl)NC=NS2(=O)=O.NS(=O)(=O)c1cc2c(cc1Cl)NC=NS2(=O)=O. The highest BCUT2D eigenvalue weighted by Gasteiger charge is 2.27. The maximum Gasteiger partial charge on any atom is 0.285 e. The summed E-state index contributed by atoms with van der Waals surface area (Å²) in [7, 11) is -17.2. The van der Waals surface area contributed by atoms with Gasteiger partial charge in [-0.05, 0) is 24.3 Å². The second-order valence-electron chi connectivity index (χ2n) is 7.84. The smallest absolute Gasteiger partial charge is 0.285 e. The Kier molecular flexibility index (Phi) is 13.2. The van der Waals surface area contributed by atoms with E-state index in [2.05, 4.69) is 19.4 Å². The van der Waals surface area contributed by atoms with Crippen molar-refractivity contribution in [2.24, 2.45) is 19.1 Å². The highest BCUT2D eigenvalue weighted by atomic mass is 35.5. The predicted molar refractivity (Wildman–Crippen MR) is 164 cm³/mol. The Labute approximate surface area is 258 Å². The Bertz CT molecular complexity index is 1770. The first kappa shape index (κ1) is 38.0. The summed E-state index contributed by atoms with van der Waals surface area (Å²) in [5.41, 5.74) is 0.301. The number of halogens is 2. The number of primary sulfonamides is 2. The van der Waals surface area contributed by atoms with Gasteiger partial charge in [0.25, 0.3) is 20.0 Å². The molecular weight excluding hydrogens is 724 g/mol. The molecule has 0 atom stereocenters. The van der Waals surface area contributed by atoms with Crippen LogP contribution in [0.1, 0.15) is 0 Å². The molecule has 4 rings (SSSR count). The minimum Gasteiger partial charge on any atom is -0.344 e. The molecule has 2 aromatic rings. The molecule has 42 heavy (non-hydrogen) atoms. The topological polar surface area (TPSA) is 272 Å². The molecular formula is C18H24Cl2N6O10S6.